The van der Waals surface area contributed by atoms with Crippen LogP contribution in [0.25, 0.3) is 0 Å². The van der Waals surface area contributed by atoms with Crippen LogP contribution in [0.2, 0.25) is 10.0 Å². The Bertz CT molecular complexity index is 1060. The Balaban J connectivity index is 1.70. The van der Waals surface area contributed by atoms with E-state index in [1.807, 2.05) is 61.6 Å². The van der Waals surface area contributed by atoms with Gasteiger partial charge < -0.3 is 14.4 Å². The molecule has 2 aromatic rings. The van der Waals surface area contributed by atoms with Crippen LogP contribution in [0, 0.1) is 0 Å². The summed E-state index contributed by atoms with van der Waals surface area (Å²) < 4.78 is 11.3. The first-order valence-electron chi connectivity index (χ1n) is 11.0. The second-order valence-electron chi connectivity index (χ2n) is 7.92. The molecule has 7 heteroatoms. The molecule has 2 atom stereocenters. The molecule has 1 saturated heterocycles. The molecule has 2 aromatic carbocycles. The molecule has 0 spiro atoms. The number of benzene rings is 2. The van der Waals surface area contributed by atoms with Crippen LogP contribution < -0.4 is 0 Å². The number of amides is 1. The largest absolute Gasteiger partial charge is 0.459 e. The summed E-state index contributed by atoms with van der Waals surface area (Å²) in [5, 5.41) is 0.714. The maximum absolute atomic E-state index is 12.9. The van der Waals surface area contributed by atoms with Crippen LogP contribution >= 0.6 is 23.2 Å². The third kappa shape index (κ3) is 7.24. The van der Waals surface area contributed by atoms with Gasteiger partial charge in [-0.3, -0.25) is 0 Å². The van der Waals surface area contributed by atoms with E-state index in [0.717, 1.165) is 11.1 Å². The zero-order valence-electron chi connectivity index (χ0n) is 19.0. The number of halogens is 2. The van der Waals surface area contributed by atoms with E-state index in [0.29, 0.717) is 29.4 Å². The van der Waals surface area contributed by atoms with Gasteiger partial charge in [-0.1, -0.05) is 84.4 Å². The molecule has 0 radical (unpaired) electrons. The minimum atomic E-state index is -0.511. The number of rotatable bonds is 7. The van der Waals surface area contributed by atoms with Gasteiger partial charge in [-0.05, 0) is 36.3 Å². The molecule has 0 aliphatic carbocycles. The van der Waals surface area contributed by atoms with Crippen LogP contribution in [0.5, 0.6) is 0 Å². The van der Waals surface area contributed by atoms with Crippen molar-refractivity contribution >= 4 is 35.3 Å². The smallest absolute Gasteiger partial charge is 0.410 e. The molecule has 1 heterocycles. The summed E-state index contributed by atoms with van der Waals surface area (Å²) >= 11 is 12.0. The van der Waals surface area contributed by atoms with Gasteiger partial charge in [0.05, 0.1) is 11.6 Å². The molecule has 0 saturated carbocycles. The van der Waals surface area contributed by atoms with Gasteiger partial charge in [-0.2, -0.15) is 0 Å². The van der Waals surface area contributed by atoms with Crippen molar-refractivity contribution in [1.29, 1.82) is 0 Å². The van der Waals surface area contributed by atoms with Crippen molar-refractivity contribution in [2.45, 2.75) is 38.5 Å². The van der Waals surface area contributed by atoms with E-state index >= 15 is 0 Å². The van der Waals surface area contributed by atoms with Crippen molar-refractivity contribution in [2.24, 2.45) is 0 Å². The number of piperidine rings is 1. The van der Waals surface area contributed by atoms with Gasteiger partial charge in [0.25, 0.3) is 0 Å². The van der Waals surface area contributed by atoms with Crippen LogP contribution in [0.3, 0.4) is 0 Å². The molecule has 0 aromatic heterocycles. The second kappa shape index (κ2) is 12.4. The third-order valence-corrected chi connectivity index (χ3v) is 5.84. The van der Waals surface area contributed by atoms with E-state index in [-0.39, 0.29) is 18.2 Å². The lowest BCUT2D eigenvalue weighted by atomic mass is 9.93. The Labute approximate surface area is 210 Å². The summed E-state index contributed by atoms with van der Waals surface area (Å²) in [6, 6.07) is 13.7. The molecule has 34 heavy (non-hydrogen) atoms. The van der Waals surface area contributed by atoms with Crippen LogP contribution in [-0.4, -0.2) is 35.7 Å². The summed E-state index contributed by atoms with van der Waals surface area (Å²) in [5.41, 5.74) is 1.91. The Morgan fingerprint density at radius 3 is 2.50 bits per heavy atom. The van der Waals surface area contributed by atoms with Gasteiger partial charge in [-0.15, -0.1) is 0 Å². The molecule has 178 valence electrons. The first kappa shape index (κ1) is 25.6. The summed E-state index contributed by atoms with van der Waals surface area (Å²) in [4.78, 5) is 27.3. The average Bonchev–Trinajstić information content (AvgIpc) is 2.82. The Morgan fingerprint density at radius 2 is 1.82 bits per heavy atom. The Kier molecular flexibility index (Phi) is 9.37. The number of hydrogen-bond acceptors (Lipinski definition) is 4. The minimum absolute atomic E-state index is 0.178. The summed E-state index contributed by atoms with van der Waals surface area (Å²) in [5.74, 6) is -0.511. The number of carbonyl (C=O) groups is 2. The highest BCUT2D eigenvalue weighted by Crippen LogP contribution is 2.28. The number of ether oxygens (including phenoxy) is 2. The number of nitrogens with zero attached hydrogens (tertiary/aromatic N) is 1. The lowest BCUT2D eigenvalue weighted by molar-refractivity contribution is 0.000864. The fraction of sp³-hybridized carbons (Fsp3) is 0.259. The molecule has 0 N–H and O–H groups in total. The minimum Gasteiger partial charge on any atom is -0.459 e. The third-order valence-electron chi connectivity index (χ3n) is 5.41. The fourth-order valence-electron chi connectivity index (χ4n) is 3.70. The van der Waals surface area contributed by atoms with Crippen molar-refractivity contribution in [3.8, 4) is 0 Å². The standard InChI is InChI=1S/C27H27Cl2NO4/c1-3-4-6-9-19(2)25-17-24(34-26(31)21-14-22(28)16-23(29)15-21)12-13-30(25)27(32)33-18-20-10-7-5-8-11-20/h3-11,14-16,24-25H,2,12-13,17-18H2,1H3/b4-3-,9-6-/t24-,25+/m0/s1. The molecular weight excluding hydrogens is 473 g/mol. The SMILES string of the molecule is C=C(/C=C\C=C/C)[C@H]1C[C@@H](OC(=O)c2cc(Cl)cc(Cl)c2)CCN1C(=O)OCc1ccccc1. The van der Waals surface area contributed by atoms with Gasteiger partial charge in [0, 0.05) is 29.4 Å². The number of likely N-dealkylation sites (tertiary alicyclic amines) is 1. The van der Waals surface area contributed by atoms with E-state index in [2.05, 4.69) is 6.58 Å². The van der Waals surface area contributed by atoms with Gasteiger partial charge in [0.1, 0.15) is 12.7 Å². The highest BCUT2D eigenvalue weighted by atomic mass is 35.5. The van der Waals surface area contributed by atoms with Crippen molar-refractivity contribution < 1.29 is 19.1 Å². The molecule has 1 amide bonds. The van der Waals surface area contributed by atoms with Crippen LogP contribution in [0.1, 0.15) is 35.7 Å². The molecule has 0 unspecified atom stereocenters. The zero-order valence-corrected chi connectivity index (χ0v) is 20.5. The topological polar surface area (TPSA) is 55.8 Å². The predicted molar refractivity (Wildman–Crippen MR) is 135 cm³/mol. The first-order chi connectivity index (χ1) is 16.4. The van der Waals surface area contributed by atoms with Crippen molar-refractivity contribution in [1.82, 2.24) is 4.90 Å². The molecular formula is C27H27Cl2NO4. The Hall–Kier alpha value is -3.02. The number of carbonyl (C=O) groups excluding carboxylic acids is 2. The van der Waals surface area contributed by atoms with Gasteiger partial charge >= 0.3 is 12.1 Å². The van der Waals surface area contributed by atoms with Crippen molar-refractivity contribution in [2.75, 3.05) is 6.54 Å². The lowest BCUT2D eigenvalue weighted by Crippen LogP contribution is -2.49. The van der Waals surface area contributed by atoms with E-state index < -0.39 is 18.2 Å². The maximum Gasteiger partial charge on any atom is 0.410 e. The van der Waals surface area contributed by atoms with Crippen LogP contribution in [-0.2, 0) is 16.1 Å². The molecule has 3 rings (SSSR count). The average molecular weight is 500 g/mol. The number of hydrogen-bond donors (Lipinski definition) is 0. The monoisotopic (exact) mass is 499 g/mol. The van der Waals surface area contributed by atoms with Crippen LogP contribution in [0.15, 0.2) is 85.0 Å². The lowest BCUT2D eigenvalue weighted by Gasteiger charge is -2.38. The summed E-state index contributed by atoms with van der Waals surface area (Å²) in [6.07, 6.45) is 7.54. The first-order valence-corrected chi connectivity index (χ1v) is 11.8. The molecule has 5 nitrogen and oxygen atoms in total. The van der Waals surface area contributed by atoms with Gasteiger partial charge in [0.15, 0.2) is 0 Å². The molecule has 0 bridgehead atoms. The Morgan fingerprint density at radius 1 is 1.12 bits per heavy atom. The van der Waals surface area contributed by atoms with Gasteiger partial charge in [-0.25, -0.2) is 9.59 Å². The predicted octanol–water partition coefficient (Wildman–Crippen LogP) is 7.01. The normalized spacial score (nSPS) is 18.3. The quantitative estimate of drug-likeness (QED) is 0.303. The second-order valence-corrected chi connectivity index (χ2v) is 8.79. The molecule has 1 aliphatic rings. The van der Waals surface area contributed by atoms with E-state index in [9.17, 15) is 9.59 Å². The maximum atomic E-state index is 12.9. The summed E-state index contributed by atoms with van der Waals surface area (Å²) in [6.45, 7) is 6.61. The number of allylic oxidation sites excluding steroid dienone is 3. The fourth-order valence-corrected chi connectivity index (χ4v) is 4.23. The number of esters is 1. The van der Waals surface area contributed by atoms with Crippen molar-refractivity contribution in [3.05, 3.63) is 106 Å². The highest BCUT2D eigenvalue weighted by molar-refractivity contribution is 6.35. The zero-order chi connectivity index (χ0) is 24.5. The van der Waals surface area contributed by atoms with E-state index in [1.165, 1.54) is 12.1 Å². The van der Waals surface area contributed by atoms with E-state index in [4.69, 9.17) is 32.7 Å². The highest BCUT2D eigenvalue weighted by Gasteiger charge is 2.35. The van der Waals surface area contributed by atoms with Crippen molar-refractivity contribution in [3.63, 3.8) is 0 Å². The van der Waals surface area contributed by atoms with Crippen LogP contribution in [0.4, 0.5) is 4.79 Å². The molecule has 1 aliphatic heterocycles. The van der Waals surface area contributed by atoms with Gasteiger partial charge in [0.2, 0.25) is 0 Å². The van der Waals surface area contributed by atoms with E-state index in [1.54, 1.807) is 11.0 Å². The summed E-state index contributed by atoms with van der Waals surface area (Å²) in [7, 11) is 0. The molecule has 1 fully saturated rings.